The second-order valence-corrected chi connectivity index (χ2v) is 6.58. The zero-order chi connectivity index (χ0) is 18.8. The summed E-state index contributed by atoms with van der Waals surface area (Å²) in [6.45, 7) is 4.52. The average molecular weight is 351 g/mol. The number of aliphatic hydroxyl groups is 1. The predicted molar refractivity (Wildman–Crippen MR) is 85.4 cm³/mol. The lowest BCUT2D eigenvalue weighted by molar-refractivity contribution is -0.161. The van der Waals surface area contributed by atoms with E-state index in [-0.39, 0.29) is 6.42 Å². The third-order valence-electron chi connectivity index (χ3n) is 4.31. The van der Waals surface area contributed by atoms with E-state index in [1.165, 1.54) is 6.20 Å². The number of nitrogens with zero attached hydrogens (tertiary/aromatic N) is 2. The first kappa shape index (κ1) is 18.9. The van der Waals surface area contributed by atoms with Crippen LogP contribution in [0.3, 0.4) is 0 Å². The lowest BCUT2D eigenvalue weighted by Crippen LogP contribution is -2.44. The maximum Gasteiger partial charge on any atom is 0.330 e. The molecule has 0 bridgehead atoms. The molecule has 0 radical (unpaired) electrons. The minimum Gasteiger partial charge on any atom is -0.458 e. The van der Waals surface area contributed by atoms with E-state index in [1.54, 1.807) is 20.8 Å². The van der Waals surface area contributed by atoms with E-state index in [1.807, 2.05) is 6.07 Å². The molecule has 136 valence electrons. The van der Waals surface area contributed by atoms with Crippen LogP contribution >= 0.6 is 0 Å². The third kappa shape index (κ3) is 3.50. The Hall–Kier alpha value is -2.44. The maximum atomic E-state index is 12.1. The van der Waals surface area contributed by atoms with Crippen LogP contribution in [0.1, 0.15) is 33.4 Å². The van der Waals surface area contributed by atoms with Crippen molar-refractivity contribution in [3.05, 3.63) is 33.1 Å². The lowest BCUT2D eigenvalue weighted by Gasteiger charge is -2.33. The van der Waals surface area contributed by atoms with E-state index in [0.29, 0.717) is 0 Å². The topological polar surface area (TPSA) is 134 Å². The summed E-state index contributed by atoms with van der Waals surface area (Å²) in [6.07, 6.45) is -1.64. The van der Waals surface area contributed by atoms with Crippen LogP contribution in [0.5, 0.6) is 0 Å². The highest BCUT2D eigenvalue weighted by Crippen LogP contribution is 2.48. The molecule has 1 aliphatic heterocycles. The van der Waals surface area contributed by atoms with Crippen LogP contribution in [-0.4, -0.2) is 39.4 Å². The van der Waals surface area contributed by atoms with Gasteiger partial charge in [-0.05, 0) is 0 Å². The summed E-state index contributed by atoms with van der Waals surface area (Å²) < 4.78 is 12.4. The SMILES string of the molecule is CC(C)C(=O)O[C@@H]1C(CO)OC(n2ccc(=O)[nH]c2=O)C1(C)CC#N. The molecule has 4 atom stereocenters. The van der Waals surface area contributed by atoms with E-state index in [0.717, 1.165) is 10.6 Å². The first-order valence-corrected chi connectivity index (χ1v) is 7.89. The van der Waals surface area contributed by atoms with Crippen molar-refractivity contribution in [1.82, 2.24) is 9.55 Å². The number of hydrogen-bond acceptors (Lipinski definition) is 7. The average Bonchev–Trinajstić information content (AvgIpc) is 2.80. The zero-order valence-electron chi connectivity index (χ0n) is 14.3. The van der Waals surface area contributed by atoms with E-state index >= 15 is 0 Å². The van der Waals surface area contributed by atoms with E-state index < -0.39 is 53.6 Å². The van der Waals surface area contributed by atoms with Crippen molar-refractivity contribution in [2.45, 2.75) is 45.6 Å². The second-order valence-electron chi connectivity index (χ2n) is 6.58. The molecule has 0 amide bonds. The number of carbonyl (C=O) groups is 1. The highest BCUT2D eigenvalue weighted by Gasteiger charge is 2.56. The van der Waals surface area contributed by atoms with Gasteiger partial charge in [-0.2, -0.15) is 5.26 Å². The molecular formula is C16H21N3O6. The number of nitriles is 1. The minimum atomic E-state index is -1.09. The van der Waals surface area contributed by atoms with E-state index in [4.69, 9.17) is 9.47 Å². The number of rotatable bonds is 5. The number of hydrogen-bond donors (Lipinski definition) is 2. The molecule has 1 saturated heterocycles. The molecule has 1 fully saturated rings. The summed E-state index contributed by atoms with van der Waals surface area (Å²) in [6, 6.07) is 3.17. The Bertz CT molecular complexity index is 792. The third-order valence-corrected chi connectivity index (χ3v) is 4.31. The largest absolute Gasteiger partial charge is 0.458 e. The quantitative estimate of drug-likeness (QED) is 0.708. The van der Waals surface area contributed by atoms with Gasteiger partial charge in [-0.25, -0.2) is 4.79 Å². The van der Waals surface area contributed by atoms with Gasteiger partial charge in [0.05, 0.1) is 24.0 Å². The first-order valence-electron chi connectivity index (χ1n) is 7.89. The molecule has 3 unspecified atom stereocenters. The summed E-state index contributed by atoms with van der Waals surface area (Å²) in [5.74, 6) is -0.897. The number of H-pyrrole nitrogens is 1. The first-order chi connectivity index (χ1) is 11.7. The van der Waals surface area contributed by atoms with E-state index in [9.17, 15) is 24.8 Å². The van der Waals surface area contributed by atoms with Gasteiger partial charge in [0.15, 0.2) is 0 Å². The Balaban J connectivity index is 2.50. The molecule has 1 aromatic heterocycles. The Labute approximate surface area is 143 Å². The van der Waals surface area contributed by atoms with Gasteiger partial charge in [0, 0.05) is 18.7 Å². The Morgan fingerprint density at radius 3 is 2.76 bits per heavy atom. The van der Waals surface area contributed by atoms with Crippen molar-refractivity contribution >= 4 is 5.97 Å². The molecule has 25 heavy (non-hydrogen) atoms. The van der Waals surface area contributed by atoms with Crippen LogP contribution in [-0.2, 0) is 14.3 Å². The molecule has 2 N–H and O–H groups in total. The molecule has 0 saturated carbocycles. The number of ether oxygens (including phenoxy) is 2. The van der Waals surface area contributed by atoms with Crippen LogP contribution in [0.25, 0.3) is 0 Å². The van der Waals surface area contributed by atoms with Crippen molar-refractivity contribution in [2.24, 2.45) is 11.3 Å². The molecular weight excluding hydrogens is 330 g/mol. The van der Waals surface area contributed by atoms with Crippen LogP contribution in [0.4, 0.5) is 0 Å². The molecule has 1 aromatic rings. The summed E-state index contributed by atoms with van der Waals surface area (Å²) in [4.78, 5) is 37.6. The van der Waals surface area contributed by atoms with Crippen LogP contribution < -0.4 is 11.2 Å². The standard InChI is InChI=1S/C16H21N3O6/c1-9(2)13(22)25-12-10(8-20)24-14(16(12,3)5-6-17)19-7-4-11(21)18-15(19)23/h4,7,9-10,12,14,20H,5,8H2,1-3H3,(H,18,21,23)/t10?,12-,14?,16?/m1/s1. The minimum absolute atomic E-state index is 0.0875. The van der Waals surface area contributed by atoms with Crippen molar-refractivity contribution in [1.29, 1.82) is 5.26 Å². The van der Waals surface area contributed by atoms with Crippen molar-refractivity contribution in [2.75, 3.05) is 6.61 Å². The Morgan fingerprint density at radius 2 is 2.24 bits per heavy atom. The second kappa shape index (κ2) is 7.21. The molecule has 9 heteroatoms. The summed E-state index contributed by atoms with van der Waals surface area (Å²) in [5, 5.41) is 18.9. The molecule has 0 aromatic carbocycles. The number of aromatic nitrogens is 2. The van der Waals surface area contributed by atoms with Crippen molar-refractivity contribution in [3.63, 3.8) is 0 Å². The summed E-state index contributed by atoms with van der Waals surface area (Å²) in [7, 11) is 0. The van der Waals surface area contributed by atoms with E-state index in [2.05, 4.69) is 4.98 Å². The van der Waals surface area contributed by atoms with Gasteiger partial charge in [-0.1, -0.05) is 20.8 Å². The van der Waals surface area contributed by atoms with Gasteiger partial charge in [-0.3, -0.25) is 19.1 Å². The van der Waals surface area contributed by atoms with Crippen molar-refractivity contribution < 1.29 is 19.4 Å². The maximum absolute atomic E-state index is 12.1. The molecule has 2 heterocycles. The number of aromatic amines is 1. The molecule has 1 aliphatic rings. The summed E-state index contributed by atoms with van der Waals surface area (Å²) in [5.41, 5.74) is -2.37. The molecule has 0 spiro atoms. The molecule has 2 rings (SSSR count). The molecule has 0 aliphatic carbocycles. The number of aliphatic hydroxyl groups excluding tert-OH is 1. The fraction of sp³-hybridized carbons (Fsp3) is 0.625. The fourth-order valence-electron chi connectivity index (χ4n) is 2.92. The van der Waals surface area contributed by atoms with Gasteiger partial charge in [0.25, 0.3) is 5.56 Å². The van der Waals surface area contributed by atoms with Gasteiger partial charge < -0.3 is 14.6 Å². The van der Waals surface area contributed by atoms with Crippen LogP contribution in [0.2, 0.25) is 0 Å². The van der Waals surface area contributed by atoms with Gasteiger partial charge in [0.2, 0.25) is 0 Å². The Morgan fingerprint density at radius 1 is 1.56 bits per heavy atom. The van der Waals surface area contributed by atoms with Gasteiger partial charge in [0.1, 0.15) is 18.4 Å². The van der Waals surface area contributed by atoms with Crippen LogP contribution in [0.15, 0.2) is 21.9 Å². The summed E-state index contributed by atoms with van der Waals surface area (Å²) >= 11 is 0. The normalized spacial score (nSPS) is 28.7. The van der Waals surface area contributed by atoms with Gasteiger partial charge >= 0.3 is 11.7 Å². The number of carbonyl (C=O) groups excluding carboxylic acids is 1. The van der Waals surface area contributed by atoms with Gasteiger partial charge in [-0.15, -0.1) is 0 Å². The predicted octanol–water partition coefficient (Wildman–Crippen LogP) is -0.0859. The Kier molecular flexibility index (Phi) is 5.45. The number of nitrogens with one attached hydrogen (secondary N) is 1. The van der Waals surface area contributed by atoms with Crippen molar-refractivity contribution in [3.8, 4) is 6.07 Å². The molecule has 9 nitrogen and oxygen atoms in total. The lowest BCUT2D eigenvalue weighted by atomic mass is 9.79. The monoisotopic (exact) mass is 351 g/mol. The fourth-order valence-corrected chi connectivity index (χ4v) is 2.92. The smallest absolute Gasteiger partial charge is 0.330 e. The highest BCUT2D eigenvalue weighted by atomic mass is 16.6. The number of esters is 1. The van der Waals surface area contributed by atoms with Crippen LogP contribution in [0, 0.1) is 22.7 Å². The zero-order valence-corrected chi connectivity index (χ0v) is 14.3. The highest BCUT2D eigenvalue weighted by molar-refractivity contribution is 5.71.